The second-order valence-electron chi connectivity index (χ2n) is 7.64. The molecule has 2 heterocycles. The molecule has 160 valence electrons. The summed E-state index contributed by atoms with van der Waals surface area (Å²) in [7, 11) is 5.82. The van der Waals surface area contributed by atoms with Crippen LogP contribution in [0, 0.1) is 0 Å². The van der Waals surface area contributed by atoms with Gasteiger partial charge in [0.05, 0.1) is 17.6 Å². The lowest BCUT2D eigenvalue weighted by molar-refractivity contribution is 0.403. The second-order valence-corrected chi connectivity index (χ2v) is 9.44. The van der Waals surface area contributed by atoms with Gasteiger partial charge in [0.2, 0.25) is 0 Å². The summed E-state index contributed by atoms with van der Waals surface area (Å²) in [4.78, 5) is 3.42. The van der Waals surface area contributed by atoms with Crippen molar-refractivity contribution >= 4 is 44.0 Å². The maximum Gasteiger partial charge on any atom is 0.160 e. The Bertz CT molecular complexity index is 1210. The zero-order valence-electron chi connectivity index (χ0n) is 17.9. The molecule has 0 saturated carbocycles. The van der Waals surface area contributed by atoms with Crippen LogP contribution >= 0.6 is 27.3 Å². The molecule has 0 aliphatic carbocycles. The molecular formula is C23H24BrN5OS. The Morgan fingerprint density at radius 2 is 1.97 bits per heavy atom. The number of benzene rings is 2. The van der Waals surface area contributed by atoms with Gasteiger partial charge in [0, 0.05) is 22.9 Å². The standard InChI is InChI=1S/C23H24BrN5OS/c1-14(25-23-18-10-19(24)21(30-4)11-20(18)26-28-27-23)22-9-16(13-31-22)17-8-6-5-7-15(17)12-29(2)3/h5-11,13-14H,12H2,1-4H3,(H,25,26,27)/t14-/m1/s1. The first-order valence-electron chi connectivity index (χ1n) is 9.91. The van der Waals surface area contributed by atoms with Crippen molar-refractivity contribution in [1.82, 2.24) is 20.3 Å². The molecule has 1 N–H and O–H groups in total. The van der Waals surface area contributed by atoms with E-state index in [9.17, 15) is 0 Å². The van der Waals surface area contributed by atoms with Crippen LogP contribution in [0.2, 0.25) is 0 Å². The highest BCUT2D eigenvalue weighted by Crippen LogP contribution is 2.35. The van der Waals surface area contributed by atoms with Crippen molar-refractivity contribution in [3.05, 3.63) is 62.8 Å². The lowest BCUT2D eigenvalue weighted by atomic mass is 10.0. The molecule has 2 aromatic heterocycles. The average Bonchev–Trinajstić information content (AvgIpc) is 3.24. The number of rotatable bonds is 7. The minimum Gasteiger partial charge on any atom is -0.495 e. The van der Waals surface area contributed by atoms with Gasteiger partial charge in [-0.25, -0.2) is 0 Å². The van der Waals surface area contributed by atoms with Crippen molar-refractivity contribution in [3.63, 3.8) is 0 Å². The van der Waals surface area contributed by atoms with Crippen molar-refractivity contribution in [3.8, 4) is 16.9 Å². The molecular weight excluding hydrogens is 474 g/mol. The van der Waals surface area contributed by atoms with E-state index in [1.807, 2.05) is 12.1 Å². The van der Waals surface area contributed by atoms with Crippen LogP contribution in [0.25, 0.3) is 22.0 Å². The van der Waals surface area contributed by atoms with Crippen LogP contribution in [0.5, 0.6) is 5.75 Å². The predicted molar refractivity (Wildman–Crippen MR) is 131 cm³/mol. The first kappa shape index (κ1) is 21.7. The second kappa shape index (κ2) is 9.30. The normalized spacial score (nSPS) is 12.3. The summed E-state index contributed by atoms with van der Waals surface area (Å²) in [6.07, 6.45) is 0. The molecule has 1 atom stereocenters. The van der Waals surface area contributed by atoms with Gasteiger partial charge in [0.25, 0.3) is 0 Å². The summed E-state index contributed by atoms with van der Waals surface area (Å²) in [5, 5.41) is 18.9. The molecule has 0 radical (unpaired) electrons. The van der Waals surface area contributed by atoms with E-state index < -0.39 is 0 Å². The van der Waals surface area contributed by atoms with E-state index in [4.69, 9.17) is 4.74 Å². The maximum absolute atomic E-state index is 5.36. The van der Waals surface area contributed by atoms with Crippen molar-refractivity contribution in [1.29, 1.82) is 0 Å². The number of hydrogen-bond acceptors (Lipinski definition) is 7. The number of nitrogens with one attached hydrogen (secondary N) is 1. The number of anilines is 1. The molecule has 0 saturated heterocycles. The summed E-state index contributed by atoms with van der Waals surface area (Å²) in [5.41, 5.74) is 4.57. The van der Waals surface area contributed by atoms with Gasteiger partial charge in [-0.3, -0.25) is 0 Å². The van der Waals surface area contributed by atoms with Gasteiger partial charge >= 0.3 is 0 Å². The molecule has 6 nitrogen and oxygen atoms in total. The quantitative estimate of drug-likeness (QED) is 0.350. The highest BCUT2D eigenvalue weighted by Gasteiger charge is 2.15. The van der Waals surface area contributed by atoms with Crippen LogP contribution in [0.3, 0.4) is 0 Å². The van der Waals surface area contributed by atoms with Crippen molar-refractivity contribution in [2.75, 3.05) is 26.5 Å². The molecule has 4 rings (SSSR count). The van der Waals surface area contributed by atoms with Gasteiger partial charge < -0.3 is 15.0 Å². The van der Waals surface area contributed by atoms with Gasteiger partial charge in [0.1, 0.15) is 11.3 Å². The topological polar surface area (TPSA) is 63.2 Å². The highest BCUT2D eigenvalue weighted by atomic mass is 79.9. The molecule has 31 heavy (non-hydrogen) atoms. The number of ether oxygens (including phenoxy) is 1. The number of nitrogens with zero attached hydrogens (tertiary/aromatic N) is 4. The smallest absolute Gasteiger partial charge is 0.160 e. The third kappa shape index (κ3) is 4.71. The van der Waals surface area contributed by atoms with Crippen molar-refractivity contribution in [2.45, 2.75) is 19.5 Å². The first-order chi connectivity index (χ1) is 15.0. The molecule has 4 aromatic rings. The zero-order chi connectivity index (χ0) is 22.0. The van der Waals surface area contributed by atoms with E-state index in [2.05, 4.69) is 98.3 Å². The average molecular weight is 498 g/mol. The van der Waals surface area contributed by atoms with Gasteiger partial charge in [-0.1, -0.05) is 24.3 Å². The van der Waals surface area contributed by atoms with Gasteiger partial charge in [0.15, 0.2) is 5.82 Å². The lowest BCUT2D eigenvalue weighted by Crippen LogP contribution is -2.11. The van der Waals surface area contributed by atoms with Crippen LogP contribution in [0.15, 0.2) is 52.3 Å². The third-order valence-corrected chi connectivity index (χ3v) is 6.77. The minimum absolute atomic E-state index is 0.0699. The SMILES string of the molecule is COc1cc2nnnc(N[C@H](C)c3cc(-c4ccccc4CN(C)C)cs3)c2cc1Br. The van der Waals surface area contributed by atoms with Crippen LogP contribution in [-0.4, -0.2) is 41.5 Å². The number of hydrogen-bond donors (Lipinski definition) is 1. The Morgan fingerprint density at radius 1 is 1.16 bits per heavy atom. The lowest BCUT2D eigenvalue weighted by Gasteiger charge is -2.15. The highest BCUT2D eigenvalue weighted by molar-refractivity contribution is 9.10. The molecule has 0 unspecified atom stereocenters. The van der Waals surface area contributed by atoms with Gasteiger partial charge in [-0.05, 0) is 76.4 Å². The largest absolute Gasteiger partial charge is 0.495 e. The molecule has 0 aliphatic rings. The van der Waals surface area contributed by atoms with Crippen LogP contribution in [0.4, 0.5) is 5.82 Å². The molecule has 0 bridgehead atoms. The van der Waals surface area contributed by atoms with E-state index in [0.717, 1.165) is 21.9 Å². The summed E-state index contributed by atoms with van der Waals surface area (Å²) in [5.74, 6) is 1.41. The van der Waals surface area contributed by atoms with E-state index in [1.165, 1.54) is 21.6 Å². The summed E-state index contributed by atoms with van der Waals surface area (Å²) in [6, 6.07) is 14.7. The number of halogens is 1. The van der Waals surface area contributed by atoms with Crippen LogP contribution in [0.1, 0.15) is 23.4 Å². The predicted octanol–water partition coefficient (Wildman–Crippen LogP) is 5.76. The Hall–Kier alpha value is -2.55. The van der Waals surface area contributed by atoms with E-state index >= 15 is 0 Å². The number of aromatic nitrogens is 3. The molecule has 8 heteroatoms. The Labute approximate surface area is 194 Å². The molecule has 0 amide bonds. The number of thiophene rings is 1. The first-order valence-corrected chi connectivity index (χ1v) is 11.6. The monoisotopic (exact) mass is 497 g/mol. The maximum atomic E-state index is 5.36. The summed E-state index contributed by atoms with van der Waals surface area (Å²) >= 11 is 5.29. The van der Waals surface area contributed by atoms with Crippen molar-refractivity contribution < 1.29 is 4.74 Å². The van der Waals surface area contributed by atoms with Crippen LogP contribution < -0.4 is 10.1 Å². The minimum atomic E-state index is 0.0699. The van der Waals surface area contributed by atoms with Gasteiger partial charge in [-0.2, -0.15) is 0 Å². The van der Waals surface area contributed by atoms with E-state index in [1.54, 1.807) is 18.4 Å². The van der Waals surface area contributed by atoms with E-state index in [0.29, 0.717) is 11.6 Å². The van der Waals surface area contributed by atoms with Gasteiger partial charge in [-0.15, -0.1) is 21.5 Å². The number of methoxy groups -OCH3 is 1. The van der Waals surface area contributed by atoms with Crippen molar-refractivity contribution in [2.24, 2.45) is 0 Å². The molecule has 0 aliphatic heterocycles. The fraction of sp³-hybridized carbons (Fsp3) is 0.261. The summed E-state index contributed by atoms with van der Waals surface area (Å²) in [6.45, 7) is 3.04. The molecule has 2 aromatic carbocycles. The Morgan fingerprint density at radius 3 is 2.74 bits per heavy atom. The fourth-order valence-electron chi connectivity index (χ4n) is 3.53. The Balaban J connectivity index is 1.61. The third-order valence-electron chi connectivity index (χ3n) is 5.04. The van der Waals surface area contributed by atoms with Crippen LogP contribution in [-0.2, 0) is 6.54 Å². The molecule has 0 fully saturated rings. The summed E-state index contributed by atoms with van der Waals surface area (Å²) < 4.78 is 6.22. The Kier molecular flexibility index (Phi) is 6.50. The van der Waals surface area contributed by atoms with E-state index in [-0.39, 0.29) is 6.04 Å². The number of fused-ring (bicyclic) bond motifs is 1. The fourth-order valence-corrected chi connectivity index (χ4v) is 4.95. The molecule has 0 spiro atoms. The zero-order valence-corrected chi connectivity index (χ0v) is 20.3.